The third-order valence-corrected chi connectivity index (χ3v) is 28.3. The first-order valence-electron chi connectivity index (χ1n) is 50.3. The van der Waals surface area contributed by atoms with Crippen molar-refractivity contribution in [2.45, 2.75) is 282 Å². The summed E-state index contributed by atoms with van der Waals surface area (Å²) >= 11 is 0. The molecule has 10 aromatic rings. The minimum absolute atomic E-state index is 0.330. The third-order valence-electron chi connectivity index (χ3n) is 28.3. The molecule has 5 saturated carbocycles. The molecule has 0 heterocycles. The molecule has 0 radical (unpaired) electrons. The maximum Gasteiger partial charge on any atom is 0.120 e. The monoisotopic (exact) mass is 1770 g/mol. The summed E-state index contributed by atoms with van der Waals surface area (Å²) in [5, 5.41) is 33.8. The summed E-state index contributed by atoms with van der Waals surface area (Å²) in [7, 11) is 2.25. The standard InChI is InChI=1S/C25H35NO.2C24H33NO.2C23H31NO2/c1-19-11-13-22(14-12-19)18-26(4)17-21(3)23-8-6-10-25(16-23)27-24-9-5-7-20(2)15-24;2*1-18-10-12-21(13-11-18)17-25-16-20(3)22-7-5-9-24(15-22)26-23-8-4-6-19(2)14-23;1-17-6-3-10-22(12-17)26-23-11-5-8-20(14-23)18(2)15-24-16-19-7-4-9-21(25)13-19;1-17-7-5-10-21(13-17)26-22-11-6-9-19(14-22)18(2)15-24-16-20-8-3-4-12-23(20)25/h5,7,9,11-15,21,23,25H,6,8,10,16-18H2,1-4H3;2*4,6,8,10-14,20,22,24-25H,5,7,9,15-17H2,1-3H3;3-4,6-7,9-10,12-13,18,20,23-25H,5,8,11,14-16H2,1-2H3;3-5,7-8,10,12-13,18-19,22,24-25H,6,9,11,14-16H2,1-2H3/t21?,23-,25+;2*20?,22-,24+;18?,20-,23+;18?,19-,22+/m00000/s1. The zero-order valence-electron chi connectivity index (χ0n) is 82.4. The number of nitrogens with one attached hydrogen (secondary N) is 4. The minimum Gasteiger partial charge on any atom is -0.508 e. The van der Waals surface area contributed by atoms with Gasteiger partial charge >= 0.3 is 0 Å². The Labute approximate surface area is 791 Å². The Morgan fingerprint density at radius 2 is 0.565 bits per heavy atom. The van der Waals surface area contributed by atoms with E-state index in [1.165, 1.54) is 164 Å². The number of aryl methyl sites for hydroxylation is 8. The van der Waals surface area contributed by atoms with Gasteiger partial charge in [-0.25, -0.2) is 0 Å². The zero-order valence-corrected chi connectivity index (χ0v) is 82.4. The van der Waals surface area contributed by atoms with Crippen LogP contribution in [0.2, 0.25) is 0 Å². The number of ether oxygens (including phenoxy) is 5. The highest BCUT2D eigenvalue weighted by Gasteiger charge is 2.33. The highest BCUT2D eigenvalue weighted by Crippen LogP contribution is 2.39. The molecule has 5 fully saturated rings. The quantitative estimate of drug-likeness (QED) is 0.0226. The van der Waals surface area contributed by atoms with Crippen molar-refractivity contribution in [3.8, 4) is 40.2 Å². The van der Waals surface area contributed by atoms with E-state index < -0.39 is 0 Å². The van der Waals surface area contributed by atoms with Gasteiger partial charge in [0.25, 0.3) is 0 Å². The summed E-state index contributed by atoms with van der Waals surface area (Å²) in [4.78, 5) is 2.47. The Bertz CT molecular complexity index is 4760. The molecule has 15 rings (SSSR count). The molecule has 12 nitrogen and oxygen atoms in total. The highest BCUT2D eigenvalue weighted by atomic mass is 16.5. The summed E-state index contributed by atoms with van der Waals surface area (Å²) in [5.41, 5.74) is 16.5. The van der Waals surface area contributed by atoms with Gasteiger partial charge in [-0.1, -0.05) is 215 Å². The molecular weight excluding hydrogens is 1610 g/mol. The van der Waals surface area contributed by atoms with Gasteiger partial charge in [-0.2, -0.15) is 0 Å². The van der Waals surface area contributed by atoms with Crippen LogP contribution in [0, 0.1) is 115 Å². The van der Waals surface area contributed by atoms with E-state index in [1.54, 1.807) is 12.1 Å². The van der Waals surface area contributed by atoms with E-state index in [9.17, 15) is 10.2 Å². The van der Waals surface area contributed by atoms with Gasteiger partial charge < -0.3 is 60.1 Å². The number of phenolic OH excluding ortho intramolecular Hbond substituents is 2. The van der Waals surface area contributed by atoms with Gasteiger partial charge in [-0.05, 0) is 405 Å². The van der Waals surface area contributed by atoms with Crippen LogP contribution in [0.4, 0.5) is 0 Å². The fourth-order valence-corrected chi connectivity index (χ4v) is 20.3. The molecule has 15 atom stereocenters. The van der Waals surface area contributed by atoms with Gasteiger partial charge in [0.15, 0.2) is 0 Å². The number of phenols is 2. The lowest BCUT2D eigenvalue weighted by atomic mass is 9.79. The van der Waals surface area contributed by atoms with Crippen molar-refractivity contribution in [1.29, 1.82) is 0 Å². The molecule has 5 aliphatic carbocycles. The molecule has 0 aliphatic heterocycles. The number of para-hydroxylation sites is 1. The third kappa shape index (κ3) is 37.2. The maximum absolute atomic E-state index is 9.86. The number of hydrogen-bond acceptors (Lipinski definition) is 12. The Kier molecular flexibility index (Phi) is 42.6. The molecule has 706 valence electrons. The fraction of sp³-hybridized carbons (Fsp3) is 0.496. The molecule has 0 saturated heterocycles. The Balaban J connectivity index is 0.000000158. The lowest BCUT2D eigenvalue weighted by molar-refractivity contribution is 0.0913. The average Bonchev–Trinajstić information content (AvgIpc) is 0.866. The molecule has 0 amide bonds. The van der Waals surface area contributed by atoms with Crippen molar-refractivity contribution in [2.75, 3.05) is 39.8 Å². The van der Waals surface area contributed by atoms with E-state index in [-0.39, 0.29) is 0 Å². The molecule has 0 bridgehead atoms. The van der Waals surface area contributed by atoms with Crippen LogP contribution in [0.25, 0.3) is 0 Å². The van der Waals surface area contributed by atoms with Crippen LogP contribution >= 0.6 is 0 Å². The highest BCUT2D eigenvalue weighted by molar-refractivity contribution is 5.35. The number of rotatable bonds is 35. The van der Waals surface area contributed by atoms with Crippen LogP contribution in [0.3, 0.4) is 0 Å². The second kappa shape index (κ2) is 54.7. The summed E-state index contributed by atoms with van der Waals surface area (Å²) < 4.78 is 31.4. The zero-order chi connectivity index (χ0) is 92.6. The smallest absolute Gasteiger partial charge is 0.120 e. The van der Waals surface area contributed by atoms with Crippen LogP contribution in [0.5, 0.6) is 40.2 Å². The molecule has 5 unspecified atom stereocenters. The van der Waals surface area contributed by atoms with E-state index in [0.717, 1.165) is 142 Å². The Hall–Kier alpha value is -9.40. The van der Waals surface area contributed by atoms with Crippen LogP contribution < -0.4 is 45.0 Å². The van der Waals surface area contributed by atoms with Gasteiger partial charge in [0, 0.05) is 44.8 Å². The molecule has 10 aromatic carbocycles. The molecule has 0 aromatic heterocycles. The Morgan fingerprint density at radius 1 is 0.282 bits per heavy atom. The average molecular weight is 1780 g/mol. The summed E-state index contributed by atoms with van der Waals surface area (Å²) in [5.74, 6) is 12.8. The molecule has 6 N–H and O–H groups in total. The van der Waals surface area contributed by atoms with Crippen molar-refractivity contribution >= 4 is 0 Å². The lowest BCUT2D eigenvalue weighted by Crippen LogP contribution is -2.33. The van der Waals surface area contributed by atoms with Crippen molar-refractivity contribution in [2.24, 2.45) is 59.2 Å². The number of hydrogen-bond donors (Lipinski definition) is 6. The second-order valence-corrected chi connectivity index (χ2v) is 40.3. The van der Waals surface area contributed by atoms with E-state index in [2.05, 4.69) is 317 Å². The Morgan fingerprint density at radius 3 is 0.870 bits per heavy atom. The van der Waals surface area contributed by atoms with Gasteiger partial charge in [0.1, 0.15) is 40.2 Å². The van der Waals surface area contributed by atoms with Crippen LogP contribution in [0.1, 0.15) is 235 Å². The fourth-order valence-electron chi connectivity index (χ4n) is 20.3. The molecule has 5 aliphatic rings. The van der Waals surface area contributed by atoms with E-state index >= 15 is 0 Å². The lowest BCUT2D eigenvalue weighted by Gasteiger charge is -2.35. The van der Waals surface area contributed by atoms with Crippen molar-refractivity contribution in [1.82, 2.24) is 26.2 Å². The minimum atomic E-state index is 0.330. The first-order valence-corrected chi connectivity index (χ1v) is 50.3. The first kappa shape index (κ1) is 102. The maximum atomic E-state index is 9.86. The van der Waals surface area contributed by atoms with Gasteiger partial charge in [0.05, 0.1) is 30.5 Å². The summed E-state index contributed by atoms with van der Waals surface area (Å²) in [6.07, 6.45) is 26.4. The number of benzene rings is 10. The van der Waals surface area contributed by atoms with E-state index in [4.69, 9.17) is 23.7 Å². The van der Waals surface area contributed by atoms with Crippen molar-refractivity contribution < 1.29 is 33.9 Å². The topological polar surface area (TPSA) is 138 Å². The normalized spacial score (nSPS) is 21.3. The SMILES string of the molecule is Cc1ccc(CN(C)CC(C)[C@H]2CCC[C@@H](Oc3cccc(C)c3)C2)cc1.Cc1ccc(CNCC(C)[C@H]2CCC[C@@H](Oc3cccc(C)c3)C2)cc1.Cc1ccc(CNCC(C)[C@H]2CCC[C@@H](Oc3cccc(C)c3)C2)cc1.Cc1cccc(O[C@@H]2CCC[C@H](C(C)CNCc3cccc(O)c3)C2)c1.Cc1cccc(O[C@@H]2CCC[C@H](C(C)CNCc3ccccc3O)C2)c1. The van der Waals surface area contributed by atoms with Gasteiger partial charge in [-0.15, -0.1) is 0 Å². The van der Waals surface area contributed by atoms with Gasteiger partial charge in [-0.3, -0.25) is 0 Å². The molecule has 0 spiro atoms. The van der Waals surface area contributed by atoms with E-state index in [1.807, 2.05) is 36.4 Å². The van der Waals surface area contributed by atoms with Crippen LogP contribution in [-0.2, 0) is 32.7 Å². The predicted molar refractivity (Wildman–Crippen MR) is 546 cm³/mol. The molecular formula is C119H163N5O7. The van der Waals surface area contributed by atoms with Crippen molar-refractivity contribution in [3.05, 3.63) is 315 Å². The largest absolute Gasteiger partial charge is 0.508 e. The summed E-state index contributed by atoms with van der Waals surface area (Å²) in [6.45, 7) is 38.6. The van der Waals surface area contributed by atoms with Crippen molar-refractivity contribution in [3.63, 3.8) is 0 Å². The van der Waals surface area contributed by atoms with Gasteiger partial charge in [0.2, 0.25) is 0 Å². The van der Waals surface area contributed by atoms with E-state index in [0.29, 0.717) is 90.0 Å². The predicted octanol–water partition coefficient (Wildman–Crippen LogP) is 27.5. The first-order chi connectivity index (χ1) is 63.4. The molecule has 131 heavy (non-hydrogen) atoms. The second-order valence-electron chi connectivity index (χ2n) is 40.3. The number of aromatic hydroxyl groups is 2. The number of nitrogens with zero attached hydrogens (tertiary/aromatic N) is 1. The summed E-state index contributed by atoms with van der Waals surface area (Å²) in [6, 6.07) is 83.7. The van der Waals surface area contributed by atoms with Crippen LogP contribution in [-0.4, -0.2) is 85.4 Å². The molecule has 12 heteroatoms. The van der Waals surface area contributed by atoms with Crippen LogP contribution in [0.15, 0.2) is 243 Å².